The van der Waals surface area contributed by atoms with Gasteiger partial charge in [-0.1, -0.05) is 60.7 Å². The van der Waals surface area contributed by atoms with Crippen LogP contribution in [0.5, 0.6) is 0 Å². The Morgan fingerprint density at radius 3 is 0.870 bits per heavy atom. The van der Waals surface area contributed by atoms with E-state index in [1.54, 1.807) is 0 Å². The lowest BCUT2D eigenvalue weighted by Crippen LogP contribution is -2.62. The van der Waals surface area contributed by atoms with Crippen molar-refractivity contribution < 1.29 is 46.5 Å². The molecule has 0 aliphatic carbocycles. The third kappa shape index (κ3) is 35.8. The Labute approximate surface area is 452 Å². The average Bonchev–Trinajstić information content (AvgIpc) is 3.11. The molecule has 69 heavy (non-hydrogen) atoms. The van der Waals surface area contributed by atoms with Crippen LogP contribution in [-0.4, -0.2) is 160 Å². The fraction of sp³-hybridized carbons (Fsp3) is 1.00. The van der Waals surface area contributed by atoms with Gasteiger partial charge in [0.25, 0.3) is 0 Å². The molecule has 0 bridgehead atoms. The van der Waals surface area contributed by atoms with Gasteiger partial charge in [-0.05, 0) is 183 Å². The molecule has 0 radical (unpaired) electrons. The zero-order valence-electron chi connectivity index (χ0n) is 48.8. The minimum atomic E-state index is -3.00. The first-order valence-corrected chi connectivity index (χ1v) is 64.8. The Morgan fingerprint density at radius 2 is 0.565 bits per heavy atom. The summed E-state index contributed by atoms with van der Waals surface area (Å²) in [5, 5.41) is 0. The molecule has 0 heterocycles. The molecule has 0 aliphatic heterocycles. The smallest absolute Gasteiger partial charge is 0.437 e. The van der Waals surface area contributed by atoms with Crippen molar-refractivity contribution in [2.24, 2.45) is 0 Å². The Morgan fingerprint density at radius 1 is 0.304 bits per heavy atom. The minimum Gasteiger partial charge on any atom is -0.437 e. The van der Waals surface area contributed by atoms with Gasteiger partial charge in [0.05, 0.1) is 0 Å². The molecular formula is C43H122O11Si15. The van der Waals surface area contributed by atoms with Crippen LogP contribution in [0.25, 0.3) is 0 Å². The molecule has 0 aromatic heterocycles. The van der Waals surface area contributed by atoms with Gasteiger partial charge in [0, 0.05) is 42.6 Å². The topological polar surface area (TPSA) is 102 Å². The van der Waals surface area contributed by atoms with Crippen LogP contribution in [0, 0.1) is 0 Å². The second-order valence-electron chi connectivity index (χ2n) is 25.3. The van der Waals surface area contributed by atoms with Crippen LogP contribution in [0.1, 0.15) is 41.5 Å². The van der Waals surface area contributed by atoms with Gasteiger partial charge in [-0.25, -0.2) is 0 Å². The number of hydrogen-bond acceptors (Lipinski definition) is 11. The van der Waals surface area contributed by atoms with Gasteiger partial charge in [0.2, 0.25) is 0 Å². The van der Waals surface area contributed by atoms with Crippen molar-refractivity contribution >= 4 is 131 Å². The van der Waals surface area contributed by atoms with Gasteiger partial charge in [-0.15, -0.1) is 0 Å². The van der Waals surface area contributed by atoms with Gasteiger partial charge < -0.3 is 46.5 Å². The normalized spacial score (nSPS) is 16.3. The zero-order chi connectivity index (χ0) is 52.1. The van der Waals surface area contributed by atoms with Crippen molar-refractivity contribution in [3.05, 3.63) is 0 Å². The Kier molecular flexibility index (Phi) is 37.4. The van der Waals surface area contributed by atoms with E-state index in [9.17, 15) is 0 Å². The standard InChI is InChI=1S/C41H114O11Si15.2CH4/c1-25-31-66(41-57(7,8)33-27-53-42-3,48-58(9,10)34-28-54-43-4)49-63(19,20)39-37-61(15,16)46-65(23,24)47-62(17,18)38-40-64(21,22)52-67(32-26-2,50-59(11,12)35-29-55-44-5)51-60(13,14)36-30-56-45-6;;/h25-41,53-56H2,1-24H3;2*1H4. The van der Waals surface area contributed by atoms with E-state index < -0.39 is 131 Å². The highest BCUT2D eigenvalue weighted by Crippen LogP contribution is 2.39. The van der Waals surface area contributed by atoms with Crippen molar-refractivity contribution in [2.75, 3.05) is 28.4 Å². The summed E-state index contributed by atoms with van der Waals surface area (Å²) in [5.41, 5.74) is 1.20. The third-order valence-corrected chi connectivity index (χ3v) is 67.1. The Hall–Kier alpha value is 2.81. The Bertz CT molecular complexity index is 1200. The molecule has 0 spiro atoms. The van der Waals surface area contributed by atoms with E-state index in [2.05, 4.69) is 132 Å². The summed E-state index contributed by atoms with van der Waals surface area (Å²) in [5.74, 6) is 0. The largest absolute Gasteiger partial charge is 0.469 e. The van der Waals surface area contributed by atoms with Crippen molar-refractivity contribution in [1.29, 1.82) is 0 Å². The summed E-state index contributed by atoms with van der Waals surface area (Å²) in [4.78, 5) is 0. The van der Waals surface area contributed by atoms with E-state index in [0.29, 0.717) is 0 Å². The van der Waals surface area contributed by atoms with E-state index in [0.717, 1.165) is 73.3 Å². The predicted molar refractivity (Wildman–Crippen MR) is 345 cm³/mol. The highest BCUT2D eigenvalue weighted by atomic mass is 28.5. The number of rotatable bonds is 42. The maximum Gasteiger partial charge on any atom is 0.469 e. The molecular weight excluding hydrogens is 1110 g/mol. The molecule has 420 valence electrons. The van der Waals surface area contributed by atoms with Crippen molar-refractivity contribution in [2.45, 2.75) is 250 Å². The highest BCUT2D eigenvalue weighted by Gasteiger charge is 2.53. The molecule has 0 aromatic carbocycles. The van der Waals surface area contributed by atoms with E-state index in [4.69, 9.17) is 46.5 Å². The van der Waals surface area contributed by atoms with E-state index >= 15 is 0 Å². The lowest BCUT2D eigenvalue weighted by Gasteiger charge is -2.46. The molecule has 0 aromatic rings. The molecule has 0 rings (SSSR count). The first kappa shape index (κ1) is 76.0. The second kappa shape index (κ2) is 34.0. The first-order valence-electron chi connectivity index (χ1n) is 26.3. The third-order valence-electron chi connectivity index (χ3n) is 12.4. The van der Waals surface area contributed by atoms with Crippen molar-refractivity contribution in [1.82, 2.24) is 0 Å². The molecule has 11 nitrogen and oxygen atoms in total. The van der Waals surface area contributed by atoms with Crippen LogP contribution in [0.2, 0.25) is 208 Å². The summed E-state index contributed by atoms with van der Waals surface area (Å²) >= 11 is 0. The zero-order valence-corrected chi connectivity index (χ0v) is 65.5. The molecule has 0 aliphatic rings. The van der Waals surface area contributed by atoms with Gasteiger partial charge in [0.1, 0.15) is 0 Å². The fourth-order valence-electron chi connectivity index (χ4n) is 9.81. The summed E-state index contributed by atoms with van der Waals surface area (Å²) in [6.07, 6.45) is 2.12. The maximum absolute atomic E-state index is 7.78. The maximum atomic E-state index is 7.78. The quantitative estimate of drug-likeness (QED) is 0.0431. The molecule has 1 atom stereocenters. The average molecular weight is 1240 g/mol. The summed E-state index contributed by atoms with van der Waals surface area (Å²) in [6, 6.07) is 15.7. The minimum absolute atomic E-state index is 0. The molecule has 0 amide bonds. The molecule has 26 heteroatoms. The molecule has 0 fully saturated rings. The lowest BCUT2D eigenvalue weighted by molar-refractivity contribution is 0.246. The van der Waals surface area contributed by atoms with Crippen LogP contribution in [-0.2, 0) is 46.5 Å². The highest BCUT2D eigenvalue weighted by molar-refractivity contribution is 6.98. The summed E-state index contributed by atoms with van der Waals surface area (Å²) < 4.78 is 74.9. The number of hydrogen-bond donors (Lipinski definition) is 0. The molecule has 0 saturated heterocycles. The van der Waals surface area contributed by atoms with Crippen molar-refractivity contribution in [3.63, 3.8) is 0 Å². The van der Waals surface area contributed by atoms with Gasteiger partial charge in [-0.2, -0.15) is 0 Å². The first-order chi connectivity index (χ1) is 30.4. The summed E-state index contributed by atoms with van der Waals surface area (Å²) in [7, 11) is -18.8. The van der Waals surface area contributed by atoms with Crippen LogP contribution in [0.15, 0.2) is 0 Å². The summed E-state index contributed by atoms with van der Waals surface area (Å²) in [6.45, 7) is 48.3. The van der Waals surface area contributed by atoms with Crippen molar-refractivity contribution in [3.8, 4) is 0 Å². The van der Waals surface area contributed by atoms with E-state index in [1.807, 2.05) is 28.4 Å². The van der Waals surface area contributed by atoms with Crippen LogP contribution < -0.4 is 0 Å². The fourth-order valence-corrected chi connectivity index (χ4v) is 83.9. The van der Waals surface area contributed by atoms with E-state index in [-0.39, 0.29) is 14.9 Å². The second-order valence-corrected chi connectivity index (χ2v) is 79.1. The predicted octanol–water partition coefficient (Wildman–Crippen LogP) is 12.6. The molecule has 0 saturated carbocycles. The molecule has 1 unspecified atom stereocenters. The SMILES string of the molecule is C.C.CCC[Si](C[Si](C)(C)CC[SiH2]OC)(O[Si](C)(C)CC[SiH2]OC)O[Si](C)(C)CC[Si](C)(C)O[Si](C)(C)O[Si](C)(C)CC[Si](C)(C)O[Si](CCC)(O[Si](C)(C)CC[SiH2]OC)O[Si](C)(C)CC[SiH2]OC. The lowest BCUT2D eigenvalue weighted by atomic mass is 10.6. The van der Waals surface area contributed by atoms with Crippen LogP contribution in [0.3, 0.4) is 0 Å². The van der Waals surface area contributed by atoms with Gasteiger partial charge in [-0.3, -0.25) is 0 Å². The molecule has 0 N–H and O–H groups in total. The Balaban J connectivity index is -0.0000218. The monoisotopic (exact) mass is 1230 g/mol. The van der Waals surface area contributed by atoms with Gasteiger partial charge >= 0.3 is 25.9 Å². The van der Waals surface area contributed by atoms with Crippen LogP contribution in [0.4, 0.5) is 0 Å². The van der Waals surface area contributed by atoms with E-state index in [1.165, 1.54) is 29.8 Å². The van der Waals surface area contributed by atoms with Gasteiger partial charge in [0.15, 0.2) is 97.3 Å². The van der Waals surface area contributed by atoms with Crippen LogP contribution >= 0.6 is 0 Å².